The van der Waals surface area contributed by atoms with Gasteiger partial charge < -0.3 is 4.74 Å². The fourth-order valence-corrected chi connectivity index (χ4v) is 2.63. The van der Waals surface area contributed by atoms with Gasteiger partial charge in [0.25, 0.3) is 0 Å². The quantitative estimate of drug-likeness (QED) is 0.314. The fraction of sp³-hybridized carbons (Fsp3) is 0.312. The molecule has 0 unspecified atom stereocenters. The van der Waals surface area contributed by atoms with Gasteiger partial charge >= 0.3 is 11.7 Å². The third kappa shape index (κ3) is 4.30. The van der Waals surface area contributed by atoms with Crippen LogP contribution in [0.25, 0.3) is 0 Å². The van der Waals surface area contributed by atoms with Gasteiger partial charge in [-0.1, -0.05) is 28.1 Å². The Morgan fingerprint density at radius 1 is 1.32 bits per heavy atom. The minimum atomic E-state index is -0.972. The molecule has 132 valence electrons. The highest BCUT2D eigenvalue weighted by Gasteiger charge is 2.25. The van der Waals surface area contributed by atoms with Crippen molar-refractivity contribution in [2.75, 3.05) is 0 Å². The average Bonchev–Trinajstić information content (AvgIpc) is 2.81. The van der Waals surface area contributed by atoms with E-state index in [1.165, 1.54) is 25.5 Å². The lowest BCUT2D eigenvalue weighted by molar-refractivity contribution is -0.386. The molecule has 1 heterocycles. The summed E-state index contributed by atoms with van der Waals surface area (Å²) in [4.78, 5) is 34.7. The number of carbonyl (C=O) groups excluding carboxylic acids is 2. The second-order valence-electron chi connectivity index (χ2n) is 5.44. The van der Waals surface area contributed by atoms with Crippen LogP contribution < -0.4 is 0 Å². The predicted molar refractivity (Wildman–Crippen MR) is 92.4 cm³/mol. The van der Waals surface area contributed by atoms with Gasteiger partial charge in [0.1, 0.15) is 17.9 Å². The van der Waals surface area contributed by atoms with Crippen molar-refractivity contribution in [2.45, 2.75) is 33.4 Å². The Hall–Kier alpha value is -2.55. The molecule has 0 aliphatic heterocycles. The Bertz CT molecular complexity index is 829. The van der Waals surface area contributed by atoms with E-state index >= 15 is 0 Å². The highest BCUT2D eigenvalue weighted by molar-refractivity contribution is 9.10. The number of rotatable bonds is 6. The highest BCUT2D eigenvalue weighted by Crippen LogP contribution is 2.21. The van der Waals surface area contributed by atoms with Gasteiger partial charge in [0.2, 0.25) is 5.78 Å². The van der Waals surface area contributed by atoms with E-state index in [4.69, 9.17) is 4.74 Å². The number of nitrogens with zero attached hydrogens (tertiary/aromatic N) is 3. The van der Waals surface area contributed by atoms with Gasteiger partial charge in [0, 0.05) is 10.0 Å². The minimum absolute atomic E-state index is 0.133. The Labute approximate surface area is 152 Å². The number of aromatic nitrogens is 2. The van der Waals surface area contributed by atoms with Crippen molar-refractivity contribution in [1.82, 2.24) is 9.78 Å². The summed E-state index contributed by atoms with van der Waals surface area (Å²) >= 11 is 3.28. The van der Waals surface area contributed by atoms with Gasteiger partial charge in [-0.15, -0.1) is 0 Å². The number of halogens is 1. The van der Waals surface area contributed by atoms with Crippen molar-refractivity contribution in [2.24, 2.45) is 0 Å². The smallest absolute Gasteiger partial charge is 0.328 e. The largest absolute Gasteiger partial charge is 0.453 e. The Morgan fingerprint density at radius 2 is 1.92 bits per heavy atom. The first-order chi connectivity index (χ1) is 11.7. The SMILES string of the molecule is Cc1nn(CC(=O)O[C@@H](C)C(=O)c2ccc(Br)cc2)c(C)c1[N+](=O)[O-]. The molecule has 9 heteroatoms. The van der Waals surface area contributed by atoms with Crippen molar-refractivity contribution in [3.8, 4) is 0 Å². The summed E-state index contributed by atoms with van der Waals surface area (Å²) in [7, 11) is 0. The lowest BCUT2D eigenvalue weighted by Crippen LogP contribution is -2.27. The highest BCUT2D eigenvalue weighted by atomic mass is 79.9. The average molecular weight is 410 g/mol. The van der Waals surface area contributed by atoms with Gasteiger partial charge in [0.05, 0.1) is 4.92 Å². The first-order valence-electron chi connectivity index (χ1n) is 7.38. The molecule has 0 aliphatic carbocycles. The van der Waals surface area contributed by atoms with E-state index in [-0.39, 0.29) is 29.4 Å². The number of benzene rings is 1. The minimum Gasteiger partial charge on any atom is -0.453 e. The predicted octanol–water partition coefficient (Wildman–Crippen LogP) is 2.99. The molecule has 1 atom stereocenters. The van der Waals surface area contributed by atoms with E-state index in [0.717, 1.165) is 4.47 Å². The first-order valence-corrected chi connectivity index (χ1v) is 8.17. The summed E-state index contributed by atoms with van der Waals surface area (Å²) < 4.78 is 7.17. The van der Waals surface area contributed by atoms with Crippen LogP contribution in [-0.2, 0) is 16.1 Å². The van der Waals surface area contributed by atoms with Gasteiger partial charge in [-0.25, -0.2) is 0 Å². The van der Waals surface area contributed by atoms with E-state index in [2.05, 4.69) is 21.0 Å². The number of ether oxygens (including phenoxy) is 1. The molecule has 0 spiro atoms. The van der Waals surface area contributed by atoms with Crippen LogP contribution in [0.5, 0.6) is 0 Å². The van der Waals surface area contributed by atoms with Crippen LogP contribution in [0.1, 0.15) is 28.7 Å². The van der Waals surface area contributed by atoms with Gasteiger partial charge in [-0.2, -0.15) is 5.10 Å². The number of esters is 1. The summed E-state index contributed by atoms with van der Waals surface area (Å²) in [5, 5.41) is 15.0. The zero-order valence-electron chi connectivity index (χ0n) is 13.9. The van der Waals surface area contributed by atoms with Crippen molar-refractivity contribution in [3.05, 3.63) is 55.8 Å². The molecule has 0 bridgehead atoms. The Balaban J connectivity index is 2.05. The van der Waals surface area contributed by atoms with E-state index < -0.39 is 17.0 Å². The van der Waals surface area contributed by atoms with Crippen molar-refractivity contribution >= 4 is 33.4 Å². The van der Waals surface area contributed by atoms with Crippen LogP contribution in [0.4, 0.5) is 5.69 Å². The number of ketones is 1. The number of carbonyl (C=O) groups is 2. The molecule has 2 rings (SSSR count). The third-order valence-corrected chi connectivity index (χ3v) is 4.14. The molecule has 0 radical (unpaired) electrons. The summed E-state index contributed by atoms with van der Waals surface area (Å²) in [6.07, 6.45) is -0.972. The summed E-state index contributed by atoms with van der Waals surface area (Å²) in [6.45, 7) is 4.17. The van der Waals surface area contributed by atoms with Gasteiger partial charge in [-0.3, -0.25) is 24.4 Å². The monoisotopic (exact) mass is 409 g/mol. The summed E-state index contributed by atoms with van der Waals surface area (Å²) in [5.74, 6) is -1.03. The van der Waals surface area contributed by atoms with Crippen LogP contribution in [0.3, 0.4) is 0 Å². The van der Waals surface area contributed by atoms with E-state index in [1.807, 2.05) is 0 Å². The Morgan fingerprint density at radius 3 is 2.44 bits per heavy atom. The summed E-state index contributed by atoms with van der Waals surface area (Å²) in [5.41, 5.74) is 0.762. The van der Waals surface area contributed by atoms with Crippen LogP contribution in [-0.4, -0.2) is 32.6 Å². The van der Waals surface area contributed by atoms with Crippen LogP contribution >= 0.6 is 15.9 Å². The number of nitro groups is 1. The van der Waals surface area contributed by atoms with Crippen molar-refractivity contribution in [3.63, 3.8) is 0 Å². The molecule has 0 saturated heterocycles. The normalized spacial score (nSPS) is 11.8. The van der Waals surface area contributed by atoms with Crippen LogP contribution in [0.2, 0.25) is 0 Å². The molecule has 0 N–H and O–H groups in total. The number of Topliss-reactive ketones (excluding diaryl/α,β-unsaturated/α-hetero) is 1. The molecular formula is C16H16BrN3O5. The van der Waals surface area contributed by atoms with E-state index in [1.54, 1.807) is 24.3 Å². The van der Waals surface area contributed by atoms with Crippen molar-refractivity contribution < 1.29 is 19.2 Å². The van der Waals surface area contributed by atoms with E-state index in [0.29, 0.717) is 5.56 Å². The molecule has 8 nitrogen and oxygen atoms in total. The summed E-state index contributed by atoms with van der Waals surface area (Å²) in [6, 6.07) is 6.69. The molecule has 2 aromatic rings. The van der Waals surface area contributed by atoms with Gasteiger partial charge in [0.15, 0.2) is 6.10 Å². The third-order valence-electron chi connectivity index (χ3n) is 3.61. The maximum atomic E-state index is 12.3. The molecule has 0 fully saturated rings. The standard InChI is InChI=1S/C16H16BrN3O5/c1-9-15(20(23)24)10(2)19(18-9)8-14(21)25-11(3)16(22)12-4-6-13(17)7-5-12/h4-7,11H,8H2,1-3H3/t11-/m0/s1. The molecule has 25 heavy (non-hydrogen) atoms. The molecule has 0 saturated carbocycles. The fourth-order valence-electron chi connectivity index (χ4n) is 2.36. The maximum absolute atomic E-state index is 12.3. The lowest BCUT2D eigenvalue weighted by atomic mass is 10.1. The maximum Gasteiger partial charge on any atom is 0.328 e. The first kappa shape index (κ1) is 18.8. The van der Waals surface area contributed by atoms with Crippen LogP contribution in [0.15, 0.2) is 28.7 Å². The molecule has 1 aromatic carbocycles. The lowest BCUT2D eigenvalue weighted by Gasteiger charge is -2.12. The second kappa shape index (κ2) is 7.56. The zero-order valence-corrected chi connectivity index (χ0v) is 15.4. The van der Waals surface area contributed by atoms with Gasteiger partial charge in [-0.05, 0) is 32.9 Å². The number of hydrogen-bond acceptors (Lipinski definition) is 6. The van der Waals surface area contributed by atoms with E-state index in [9.17, 15) is 19.7 Å². The molecule has 0 amide bonds. The topological polar surface area (TPSA) is 104 Å². The Kier molecular flexibility index (Phi) is 5.68. The van der Waals surface area contributed by atoms with Crippen molar-refractivity contribution in [1.29, 1.82) is 0 Å². The zero-order chi connectivity index (χ0) is 18.7. The molecule has 1 aromatic heterocycles. The second-order valence-corrected chi connectivity index (χ2v) is 6.35. The molecule has 0 aliphatic rings. The van der Waals surface area contributed by atoms with Crippen LogP contribution in [0, 0.1) is 24.0 Å². The number of hydrogen-bond donors (Lipinski definition) is 0. The number of aryl methyl sites for hydroxylation is 1. The molecular weight excluding hydrogens is 394 g/mol.